The fourth-order valence-corrected chi connectivity index (χ4v) is 6.26. The van der Waals surface area contributed by atoms with E-state index in [9.17, 15) is 0 Å². The number of halogens is 2. The SMILES string of the molecule is CCCC(CC)(COc1nc(N2CCCn3nc(N)c(C)c3C2)c2cnc(-c3cccc4cccc(F)c34)c(F)c2n1)NC. The minimum atomic E-state index is -0.657. The lowest BCUT2D eigenvalue weighted by Gasteiger charge is -2.32. The first kappa shape index (κ1) is 29.7. The highest BCUT2D eigenvalue weighted by Gasteiger charge is 2.29. The van der Waals surface area contributed by atoms with Crippen molar-refractivity contribution in [2.45, 2.75) is 65.1 Å². The second kappa shape index (κ2) is 12.0. The van der Waals surface area contributed by atoms with Crippen molar-refractivity contribution in [1.82, 2.24) is 30.0 Å². The van der Waals surface area contributed by atoms with Gasteiger partial charge in [-0.1, -0.05) is 50.6 Å². The number of pyridine rings is 1. The Hall–Kier alpha value is -4.38. The zero-order valence-electron chi connectivity index (χ0n) is 25.6. The van der Waals surface area contributed by atoms with Crippen LogP contribution in [0.25, 0.3) is 32.9 Å². The molecule has 230 valence electrons. The molecule has 1 aliphatic heterocycles. The van der Waals surface area contributed by atoms with Gasteiger partial charge in [0.1, 0.15) is 35.3 Å². The van der Waals surface area contributed by atoms with E-state index in [-0.39, 0.29) is 22.8 Å². The summed E-state index contributed by atoms with van der Waals surface area (Å²) in [6.07, 6.45) is 5.07. The number of aromatic nitrogens is 5. The molecule has 0 bridgehead atoms. The highest BCUT2D eigenvalue weighted by Crippen LogP contribution is 2.37. The van der Waals surface area contributed by atoms with E-state index in [1.807, 2.05) is 18.7 Å². The van der Waals surface area contributed by atoms with Crippen LogP contribution in [0.4, 0.5) is 20.4 Å². The molecule has 1 aliphatic rings. The monoisotopic (exact) mass is 600 g/mol. The van der Waals surface area contributed by atoms with Gasteiger partial charge in [-0.3, -0.25) is 9.67 Å². The van der Waals surface area contributed by atoms with Crippen LogP contribution < -0.4 is 20.7 Å². The van der Waals surface area contributed by atoms with Crippen LogP contribution >= 0.6 is 0 Å². The number of nitrogens with one attached hydrogen (secondary N) is 1. The average Bonchev–Trinajstić information content (AvgIpc) is 3.17. The lowest BCUT2D eigenvalue weighted by Crippen LogP contribution is -2.47. The third-order valence-corrected chi connectivity index (χ3v) is 8.96. The van der Waals surface area contributed by atoms with Crippen LogP contribution in [0.5, 0.6) is 6.01 Å². The Labute approximate surface area is 255 Å². The van der Waals surface area contributed by atoms with Crippen LogP contribution in [0.2, 0.25) is 0 Å². The van der Waals surface area contributed by atoms with Gasteiger partial charge in [-0.25, -0.2) is 8.78 Å². The molecule has 44 heavy (non-hydrogen) atoms. The number of nitrogens with two attached hydrogens (primary N) is 1. The summed E-state index contributed by atoms with van der Waals surface area (Å²) < 4.78 is 39.9. The number of hydrogen-bond acceptors (Lipinski definition) is 8. The summed E-state index contributed by atoms with van der Waals surface area (Å²) in [6, 6.07) is 10.1. The highest BCUT2D eigenvalue weighted by molar-refractivity contribution is 5.99. The minimum absolute atomic E-state index is 0.0190. The van der Waals surface area contributed by atoms with Gasteiger partial charge in [0, 0.05) is 35.8 Å². The van der Waals surface area contributed by atoms with Gasteiger partial charge in [-0.15, -0.1) is 0 Å². The molecular weight excluding hydrogens is 562 g/mol. The van der Waals surface area contributed by atoms with Gasteiger partial charge in [0.25, 0.3) is 0 Å². The van der Waals surface area contributed by atoms with E-state index in [1.54, 1.807) is 36.5 Å². The smallest absolute Gasteiger partial charge is 0.319 e. The average molecular weight is 601 g/mol. The Morgan fingerprint density at radius 3 is 2.64 bits per heavy atom. The number of nitrogens with zero attached hydrogens (tertiary/aromatic N) is 6. The zero-order chi connectivity index (χ0) is 31.0. The van der Waals surface area contributed by atoms with Gasteiger partial charge in [-0.2, -0.15) is 15.1 Å². The molecular formula is C33H38F2N8O. The molecule has 3 N–H and O–H groups in total. The zero-order valence-corrected chi connectivity index (χ0v) is 25.6. The van der Waals surface area contributed by atoms with Crippen LogP contribution in [-0.2, 0) is 13.1 Å². The quantitative estimate of drug-likeness (QED) is 0.207. The maximum absolute atomic E-state index is 16.7. The molecule has 1 unspecified atom stereocenters. The van der Waals surface area contributed by atoms with Crippen molar-refractivity contribution < 1.29 is 13.5 Å². The molecule has 0 saturated heterocycles. The first-order valence-electron chi connectivity index (χ1n) is 15.2. The summed E-state index contributed by atoms with van der Waals surface area (Å²) in [4.78, 5) is 16.1. The van der Waals surface area contributed by atoms with Crippen LogP contribution in [0.3, 0.4) is 0 Å². The fraction of sp³-hybridized carbons (Fsp3) is 0.394. The summed E-state index contributed by atoms with van der Waals surface area (Å²) >= 11 is 0. The molecule has 0 spiro atoms. The topological polar surface area (TPSA) is 107 Å². The van der Waals surface area contributed by atoms with Crippen LogP contribution in [0.1, 0.15) is 50.8 Å². The van der Waals surface area contributed by atoms with E-state index in [1.165, 1.54) is 6.07 Å². The second-order valence-corrected chi connectivity index (χ2v) is 11.5. The Morgan fingerprint density at radius 2 is 1.89 bits per heavy atom. The molecule has 4 heterocycles. The van der Waals surface area contributed by atoms with E-state index < -0.39 is 11.6 Å². The molecule has 2 aromatic carbocycles. The number of anilines is 2. The predicted molar refractivity (Wildman–Crippen MR) is 170 cm³/mol. The lowest BCUT2D eigenvalue weighted by molar-refractivity contribution is 0.162. The van der Waals surface area contributed by atoms with Crippen molar-refractivity contribution in [3.05, 3.63) is 65.5 Å². The number of hydrogen-bond donors (Lipinski definition) is 2. The highest BCUT2D eigenvalue weighted by atomic mass is 19.1. The first-order valence-corrected chi connectivity index (χ1v) is 15.2. The summed E-state index contributed by atoms with van der Waals surface area (Å²) in [5, 5.41) is 9.33. The van der Waals surface area contributed by atoms with Gasteiger partial charge in [0.05, 0.1) is 23.2 Å². The maximum Gasteiger partial charge on any atom is 0.319 e. The summed E-state index contributed by atoms with van der Waals surface area (Å²) in [6.45, 7) is 8.34. The number of benzene rings is 2. The molecule has 9 nitrogen and oxygen atoms in total. The molecule has 0 radical (unpaired) electrons. The van der Waals surface area contributed by atoms with Crippen molar-refractivity contribution in [2.24, 2.45) is 0 Å². The predicted octanol–water partition coefficient (Wildman–Crippen LogP) is 6.17. The summed E-state index contributed by atoms with van der Waals surface area (Å²) in [7, 11) is 1.92. The van der Waals surface area contributed by atoms with Crippen LogP contribution in [-0.4, -0.2) is 50.5 Å². The standard InChI is InChI=1S/C33H38F2N8O/c1-5-14-33(6-2,37-4)19-44-32-39-29-23(31(40-32)42-15-9-16-43-25(18-42)20(3)30(36)41-43)17-38-28(27(29)35)22-12-7-10-21-11-8-13-24(34)26(21)22/h7-8,10-13,17,37H,5-6,9,14-16,18-19H2,1-4H3,(H2,36,41). The Morgan fingerprint density at radius 1 is 1.09 bits per heavy atom. The van der Waals surface area contributed by atoms with Crippen LogP contribution in [0.15, 0.2) is 42.6 Å². The Bertz CT molecular complexity index is 1830. The summed E-state index contributed by atoms with van der Waals surface area (Å²) in [5.41, 5.74) is 8.22. The number of ether oxygens (including phenoxy) is 1. The van der Waals surface area contributed by atoms with Gasteiger partial charge in [-0.05, 0) is 44.7 Å². The molecule has 0 amide bonds. The van der Waals surface area contributed by atoms with Crippen molar-refractivity contribution in [3.63, 3.8) is 0 Å². The Balaban J connectivity index is 1.51. The molecule has 1 atom stereocenters. The number of nitrogen functional groups attached to an aromatic ring is 1. The van der Waals surface area contributed by atoms with E-state index in [0.717, 1.165) is 36.9 Å². The Kier molecular flexibility index (Phi) is 8.06. The number of fused-ring (bicyclic) bond motifs is 3. The molecule has 5 aromatic rings. The first-order chi connectivity index (χ1) is 21.3. The fourth-order valence-electron chi connectivity index (χ4n) is 6.26. The maximum atomic E-state index is 16.7. The van der Waals surface area contributed by atoms with Crippen molar-refractivity contribution in [3.8, 4) is 17.3 Å². The van der Waals surface area contributed by atoms with E-state index in [0.29, 0.717) is 59.6 Å². The second-order valence-electron chi connectivity index (χ2n) is 11.5. The third-order valence-electron chi connectivity index (χ3n) is 8.96. The van der Waals surface area contributed by atoms with E-state index >= 15 is 8.78 Å². The van der Waals surface area contributed by atoms with Crippen molar-refractivity contribution in [2.75, 3.05) is 30.8 Å². The van der Waals surface area contributed by atoms with Crippen LogP contribution in [0, 0.1) is 18.6 Å². The van der Waals surface area contributed by atoms with Crippen molar-refractivity contribution in [1.29, 1.82) is 0 Å². The van der Waals surface area contributed by atoms with E-state index in [2.05, 4.69) is 39.1 Å². The number of likely N-dealkylation sites (N-methyl/N-ethyl adjacent to an activating group) is 1. The largest absolute Gasteiger partial charge is 0.461 e. The lowest BCUT2D eigenvalue weighted by atomic mass is 9.92. The van der Waals surface area contributed by atoms with Crippen molar-refractivity contribution >= 4 is 33.3 Å². The molecule has 3 aromatic heterocycles. The summed E-state index contributed by atoms with van der Waals surface area (Å²) in [5.74, 6) is -0.0869. The molecule has 0 fully saturated rings. The van der Waals surface area contributed by atoms with E-state index in [4.69, 9.17) is 15.5 Å². The van der Waals surface area contributed by atoms with Gasteiger partial charge < -0.3 is 20.7 Å². The van der Waals surface area contributed by atoms with Gasteiger partial charge in [0.2, 0.25) is 0 Å². The van der Waals surface area contributed by atoms with Gasteiger partial charge >= 0.3 is 6.01 Å². The number of rotatable bonds is 9. The minimum Gasteiger partial charge on any atom is -0.461 e. The third kappa shape index (κ3) is 5.19. The molecule has 0 saturated carbocycles. The normalized spacial score (nSPS) is 14.9. The molecule has 11 heteroatoms. The number of aryl methyl sites for hydroxylation is 1. The molecule has 0 aliphatic carbocycles. The van der Waals surface area contributed by atoms with Gasteiger partial charge in [0.15, 0.2) is 5.82 Å². The molecule has 6 rings (SSSR count).